The van der Waals surface area contributed by atoms with Crippen LogP contribution in [0, 0.1) is 5.82 Å². The van der Waals surface area contributed by atoms with Crippen molar-refractivity contribution in [3.8, 4) is 5.75 Å². The molecule has 0 aliphatic heterocycles. The fraction of sp³-hybridized carbons (Fsp3) is 0.357. The van der Waals surface area contributed by atoms with Crippen LogP contribution in [0.1, 0.15) is 54.2 Å². The minimum Gasteiger partial charge on any atom is -0.490 e. The Labute approximate surface area is 240 Å². The Morgan fingerprint density at radius 2 is 1.61 bits per heavy atom. The van der Waals surface area contributed by atoms with E-state index in [9.17, 15) is 14.0 Å². The summed E-state index contributed by atoms with van der Waals surface area (Å²) in [6.07, 6.45) is 9.79. The molecule has 2 N–H and O–H groups in total. The predicted molar refractivity (Wildman–Crippen MR) is 150 cm³/mol. The quantitative estimate of drug-likeness (QED) is 0.225. The van der Waals surface area contributed by atoms with E-state index in [0.29, 0.717) is 28.8 Å². The minimum absolute atomic E-state index is 0.0446. The summed E-state index contributed by atoms with van der Waals surface area (Å²) in [5.41, 5.74) is 1.80. The van der Waals surface area contributed by atoms with Crippen LogP contribution in [0.15, 0.2) is 48.8 Å². The standard InChI is InChI=1S/C28H29FN8O3S/c29-18-10-12-30-20(14-18)16-26(39)33-28-37-36-27(41-28)7-2-1-4-19-8-9-24(35-34-19)32-25(38)17-21-15-23(11-13-31-21)40-22-5-3-6-22/h8-15,22H,1-7,16-17H2,(H,32,35,38)(H,33,37,39). The number of hydrogen-bond acceptors (Lipinski definition) is 10. The van der Waals surface area contributed by atoms with Crippen LogP contribution in [-0.4, -0.2) is 48.3 Å². The second-order valence-electron chi connectivity index (χ2n) is 9.69. The molecule has 0 spiro atoms. The highest BCUT2D eigenvalue weighted by Crippen LogP contribution is 2.25. The summed E-state index contributed by atoms with van der Waals surface area (Å²) in [5, 5.41) is 23.1. The zero-order valence-electron chi connectivity index (χ0n) is 22.3. The van der Waals surface area contributed by atoms with Gasteiger partial charge in [0.25, 0.3) is 0 Å². The van der Waals surface area contributed by atoms with Crippen LogP contribution in [0.25, 0.3) is 0 Å². The van der Waals surface area contributed by atoms with Gasteiger partial charge in [0, 0.05) is 24.9 Å². The largest absolute Gasteiger partial charge is 0.490 e. The van der Waals surface area contributed by atoms with Gasteiger partial charge in [0.2, 0.25) is 16.9 Å². The van der Waals surface area contributed by atoms with Crippen molar-refractivity contribution in [2.75, 3.05) is 10.6 Å². The molecule has 1 aliphatic carbocycles. The first-order chi connectivity index (χ1) is 20.0. The van der Waals surface area contributed by atoms with Crippen molar-refractivity contribution in [2.24, 2.45) is 0 Å². The third-order valence-electron chi connectivity index (χ3n) is 6.38. The number of nitrogens with zero attached hydrogens (tertiary/aromatic N) is 6. The van der Waals surface area contributed by atoms with Gasteiger partial charge in [0.15, 0.2) is 5.82 Å². The Bertz CT molecular complexity index is 1480. The highest BCUT2D eigenvalue weighted by molar-refractivity contribution is 7.15. The van der Waals surface area contributed by atoms with Gasteiger partial charge in [-0.15, -0.1) is 15.3 Å². The molecular weight excluding hydrogens is 547 g/mol. The molecule has 0 aromatic carbocycles. The Hall–Kier alpha value is -4.39. The normalized spacial score (nSPS) is 12.9. The molecule has 0 bridgehead atoms. The first kappa shape index (κ1) is 28.1. The molecule has 0 atom stereocenters. The Kier molecular flexibility index (Phi) is 9.47. The van der Waals surface area contributed by atoms with Gasteiger partial charge in [-0.25, -0.2) is 4.39 Å². The average Bonchev–Trinajstić information content (AvgIpc) is 3.36. The van der Waals surface area contributed by atoms with Gasteiger partial charge in [0.1, 0.15) is 16.6 Å². The number of aromatic nitrogens is 6. The molecule has 2 amide bonds. The molecule has 41 heavy (non-hydrogen) atoms. The van der Waals surface area contributed by atoms with E-state index in [2.05, 4.69) is 41.0 Å². The molecule has 0 radical (unpaired) electrons. The molecule has 1 fully saturated rings. The van der Waals surface area contributed by atoms with Crippen LogP contribution < -0.4 is 15.4 Å². The molecule has 212 valence electrons. The van der Waals surface area contributed by atoms with Crippen molar-refractivity contribution < 1.29 is 18.7 Å². The van der Waals surface area contributed by atoms with Gasteiger partial charge >= 0.3 is 0 Å². The van der Waals surface area contributed by atoms with Gasteiger partial charge in [-0.3, -0.25) is 19.6 Å². The lowest BCUT2D eigenvalue weighted by Gasteiger charge is -2.26. The predicted octanol–water partition coefficient (Wildman–Crippen LogP) is 4.12. The summed E-state index contributed by atoms with van der Waals surface area (Å²) >= 11 is 1.31. The Morgan fingerprint density at radius 3 is 2.34 bits per heavy atom. The summed E-state index contributed by atoms with van der Waals surface area (Å²) < 4.78 is 19.1. The summed E-state index contributed by atoms with van der Waals surface area (Å²) in [5.74, 6) is 0.139. The van der Waals surface area contributed by atoms with Crippen LogP contribution in [0.3, 0.4) is 0 Å². The summed E-state index contributed by atoms with van der Waals surface area (Å²) in [7, 11) is 0. The number of anilines is 2. The molecule has 11 nitrogen and oxygen atoms in total. The van der Waals surface area contributed by atoms with Gasteiger partial charge in [-0.05, 0) is 68.9 Å². The zero-order valence-corrected chi connectivity index (χ0v) is 23.1. The molecule has 4 heterocycles. The van der Waals surface area contributed by atoms with E-state index < -0.39 is 5.82 Å². The number of amides is 2. The fourth-order valence-corrected chi connectivity index (χ4v) is 4.88. The maximum atomic E-state index is 13.3. The number of halogens is 1. The molecule has 5 rings (SSSR count). The lowest BCUT2D eigenvalue weighted by Crippen LogP contribution is -2.24. The Balaban J connectivity index is 0.996. The van der Waals surface area contributed by atoms with Crippen molar-refractivity contribution in [1.82, 2.24) is 30.4 Å². The van der Waals surface area contributed by atoms with Gasteiger partial charge in [-0.2, -0.15) is 5.10 Å². The molecule has 4 aromatic rings. The molecule has 13 heteroatoms. The van der Waals surface area contributed by atoms with Crippen LogP contribution in [0.2, 0.25) is 0 Å². The monoisotopic (exact) mass is 576 g/mol. The van der Waals surface area contributed by atoms with E-state index in [1.807, 2.05) is 12.1 Å². The number of carbonyl (C=O) groups excluding carboxylic acids is 2. The fourth-order valence-electron chi connectivity index (χ4n) is 4.08. The average molecular weight is 577 g/mol. The van der Waals surface area contributed by atoms with Crippen LogP contribution >= 0.6 is 11.3 Å². The summed E-state index contributed by atoms with van der Waals surface area (Å²) in [4.78, 5) is 32.9. The van der Waals surface area contributed by atoms with Gasteiger partial charge in [0.05, 0.1) is 36.0 Å². The minimum atomic E-state index is -0.435. The topological polar surface area (TPSA) is 145 Å². The van der Waals surface area contributed by atoms with E-state index >= 15 is 0 Å². The third-order valence-corrected chi connectivity index (χ3v) is 7.28. The molecule has 1 aliphatic rings. The van der Waals surface area contributed by atoms with Crippen LogP contribution in [0.5, 0.6) is 5.75 Å². The van der Waals surface area contributed by atoms with E-state index in [1.54, 1.807) is 18.3 Å². The van der Waals surface area contributed by atoms with Crippen LogP contribution in [0.4, 0.5) is 15.3 Å². The number of unbranched alkanes of at least 4 members (excludes halogenated alkanes) is 1. The second-order valence-corrected chi connectivity index (χ2v) is 10.7. The summed E-state index contributed by atoms with van der Waals surface area (Å²) in [6.45, 7) is 0. The number of carbonyl (C=O) groups is 2. The third kappa shape index (κ3) is 8.80. The Morgan fingerprint density at radius 1 is 0.854 bits per heavy atom. The molecule has 4 aromatic heterocycles. The number of ether oxygens (including phenoxy) is 1. The lowest BCUT2D eigenvalue weighted by atomic mass is 9.96. The second kappa shape index (κ2) is 13.8. The van der Waals surface area contributed by atoms with Crippen molar-refractivity contribution in [2.45, 2.75) is 63.9 Å². The maximum absolute atomic E-state index is 13.3. The number of nitrogens with one attached hydrogen (secondary N) is 2. The first-order valence-corrected chi connectivity index (χ1v) is 14.3. The van der Waals surface area contributed by atoms with E-state index in [4.69, 9.17) is 4.74 Å². The molecule has 1 saturated carbocycles. The van der Waals surface area contributed by atoms with Crippen molar-refractivity contribution in [3.63, 3.8) is 0 Å². The van der Waals surface area contributed by atoms with Gasteiger partial charge in [-0.1, -0.05) is 11.3 Å². The first-order valence-electron chi connectivity index (χ1n) is 13.5. The van der Waals surface area contributed by atoms with Crippen molar-refractivity contribution >= 4 is 34.1 Å². The van der Waals surface area contributed by atoms with E-state index in [-0.39, 0.29) is 30.8 Å². The zero-order chi connectivity index (χ0) is 28.4. The number of rotatable bonds is 13. The van der Waals surface area contributed by atoms with Crippen LogP contribution in [-0.2, 0) is 35.3 Å². The SMILES string of the molecule is O=C(Cc1cc(OC2CCC2)ccn1)Nc1ccc(CCCCc2nnc(NC(=O)Cc3cc(F)ccn3)s2)nn1. The lowest BCUT2D eigenvalue weighted by molar-refractivity contribution is -0.116. The smallest absolute Gasteiger partial charge is 0.232 e. The maximum Gasteiger partial charge on any atom is 0.232 e. The molecular formula is C28H29FN8O3S. The molecule has 0 saturated heterocycles. The van der Waals surface area contributed by atoms with Crippen molar-refractivity contribution in [3.05, 3.63) is 76.7 Å². The van der Waals surface area contributed by atoms with Gasteiger partial charge < -0.3 is 15.4 Å². The molecule has 0 unspecified atom stereocenters. The number of aryl methyl sites for hydroxylation is 2. The summed E-state index contributed by atoms with van der Waals surface area (Å²) in [6, 6.07) is 9.66. The number of pyridine rings is 2. The van der Waals surface area contributed by atoms with E-state index in [0.717, 1.165) is 48.6 Å². The highest BCUT2D eigenvalue weighted by Gasteiger charge is 2.19. The number of hydrogen-bond donors (Lipinski definition) is 2. The van der Waals surface area contributed by atoms with Crippen molar-refractivity contribution in [1.29, 1.82) is 0 Å². The highest BCUT2D eigenvalue weighted by atomic mass is 32.1. The van der Waals surface area contributed by atoms with E-state index in [1.165, 1.54) is 36.1 Å².